The number of carboxylic acid groups (broad SMARTS) is 1. The predicted molar refractivity (Wildman–Crippen MR) is 237 cm³/mol. The van der Waals surface area contributed by atoms with Crippen molar-refractivity contribution in [2.45, 2.75) is 64.2 Å². The van der Waals surface area contributed by atoms with E-state index in [1.165, 1.54) is 34.6 Å². The van der Waals surface area contributed by atoms with E-state index < -0.39 is 54.7 Å². The Balaban J connectivity index is 0.00000704. The van der Waals surface area contributed by atoms with E-state index in [0.717, 1.165) is 14.3 Å². The van der Waals surface area contributed by atoms with Gasteiger partial charge in [-0.05, 0) is 114 Å². The van der Waals surface area contributed by atoms with Crippen molar-refractivity contribution < 1.29 is 48.4 Å². The van der Waals surface area contributed by atoms with E-state index in [0.29, 0.717) is 39.3 Å². The average molecular weight is 909 g/mol. The van der Waals surface area contributed by atoms with Crippen molar-refractivity contribution in [1.29, 1.82) is 0 Å². The van der Waals surface area contributed by atoms with Crippen LogP contribution in [0.3, 0.4) is 0 Å². The molecule has 0 radical (unpaired) electrons. The molecule has 0 spiro atoms. The molecule has 2 aromatic heterocycles. The van der Waals surface area contributed by atoms with Crippen molar-refractivity contribution in [1.82, 2.24) is 4.57 Å². The molecule has 4 aromatic carbocycles. The number of hydrogen-bond donors (Lipinski definition) is 4. The number of anilines is 1. The van der Waals surface area contributed by atoms with Crippen LogP contribution in [0.4, 0.5) is 10.1 Å². The quantitative estimate of drug-likeness (QED) is 0.0173. The van der Waals surface area contributed by atoms with E-state index in [-0.39, 0.29) is 74.5 Å². The Morgan fingerprint density at radius 1 is 0.787 bits per heavy atom. The number of aliphatic carboxylic acids is 1. The zero-order valence-electron chi connectivity index (χ0n) is 33.2. The number of hydrogen-bond acceptors (Lipinski definition) is 11. The Bertz CT molecular complexity index is 2520. The van der Waals surface area contributed by atoms with E-state index in [4.69, 9.17) is 26.8 Å². The van der Waals surface area contributed by atoms with Crippen molar-refractivity contribution in [3.05, 3.63) is 130 Å². The van der Waals surface area contributed by atoms with Gasteiger partial charge in [0.05, 0.1) is 29.9 Å². The van der Waals surface area contributed by atoms with Gasteiger partial charge in [0.2, 0.25) is 0 Å². The van der Waals surface area contributed by atoms with Gasteiger partial charge in [-0.2, -0.15) is 0 Å². The second-order valence-electron chi connectivity index (χ2n) is 14.2. The molecular weight excluding hydrogens is 868 g/mol. The number of benzene rings is 4. The number of carboxylic acids is 1. The van der Waals surface area contributed by atoms with Gasteiger partial charge in [0.25, 0.3) is 5.91 Å². The van der Waals surface area contributed by atoms with E-state index in [2.05, 4.69) is 5.32 Å². The molecule has 0 saturated heterocycles. The predicted octanol–water partition coefficient (Wildman–Crippen LogP) is 9.35. The molecule has 0 aliphatic heterocycles. The molecule has 11 nitrogen and oxygen atoms in total. The maximum atomic E-state index is 14.5. The van der Waals surface area contributed by atoms with Crippen LogP contribution in [0.2, 0.25) is 0 Å². The molecule has 310 valence electrons. The Morgan fingerprint density at radius 2 is 1.38 bits per heavy atom. The summed E-state index contributed by atoms with van der Waals surface area (Å²) in [5.41, 5.74) is 4.79. The van der Waals surface area contributed by atoms with Crippen molar-refractivity contribution in [2.24, 2.45) is 0 Å². The Labute approximate surface area is 393 Å². The van der Waals surface area contributed by atoms with Crippen LogP contribution in [0, 0.1) is 9.64 Å². The number of aliphatic hydroxyl groups excluding tert-OH is 2. The van der Waals surface area contributed by atoms with Crippen LogP contribution in [0.1, 0.15) is 61.5 Å². The van der Waals surface area contributed by atoms with Crippen LogP contribution in [0.5, 0.6) is 11.5 Å². The normalized spacial score (nSPS) is 12.0. The average Bonchev–Trinajstić information content (AvgIpc) is 3.80. The molecule has 6 aromatic rings. The third kappa shape index (κ3) is 12.7. The first-order valence-corrected chi connectivity index (χ1v) is 21.5. The number of esters is 2. The maximum absolute atomic E-state index is 14.5. The summed E-state index contributed by atoms with van der Waals surface area (Å²) in [6.45, 7) is 4.04. The van der Waals surface area contributed by atoms with Gasteiger partial charge in [-0.3, -0.25) is 19.2 Å². The number of ether oxygens (including phenoxy) is 2. The SMILES string of the molecule is CC(C)c1c(C(=O)Nc2ccc(OC(=O)CC(=O)Oc3ccc(-c4cc(=S)ss4)cc3)cc2)c(-c2ccccc2)c(-c2ccc(F)cc2)n1CC[C@@H](O)C[C@@H](O)CC(=O)O.[Ca+2]. The summed E-state index contributed by atoms with van der Waals surface area (Å²) in [5, 5.41) is 33.1. The summed E-state index contributed by atoms with van der Waals surface area (Å²) < 4.78 is 27.7. The fraction of sp³-hybridized carbons (Fsp3) is 0.222. The smallest absolute Gasteiger partial charge is 0.481 e. The van der Waals surface area contributed by atoms with Gasteiger partial charge in [0, 0.05) is 28.4 Å². The molecule has 0 bridgehead atoms. The Morgan fingerprint density at radius 3 is 1.93 bits per heavy atom. The molecule has 61 heavy (non-hydrogen) atoms. The van der Waals surface area contributed by atoms with Crippen LogP contribution in [-0.4, -0.2) is 93.6 Å². The van der Waals surface area contributed by atoms with Gasteiger partial charge < -0.3 is 34.7 Å². The molecule has 2 heterocycles. The molecule has 0 unspecified atom stereocenters. The van der Waals surface area contributed by atoms with Crippen molar-refractivity contribution in [3.8, 4) is 44.3 Å². The molecule has 2 atom stereocenters. The zero-order valence-corrected chi connectivity index (χ0v) is 37.9. The van der Waals surface area contributed by atoms with Gasteiger partial charge in [0.15, 0.2) is 0 Å². The largest absolute Gasteiger partial charge is 2.00 e. The van der Waals surface area contributed by atoms with Crippen LogP contribution in [-0.2, 0) is 20.9 Å². The Kier molecular flexibility index (Phi) is 17.1. The molecule has 4 N–H and O–H groups in total. The fourth-order valence-corrected chi connectivity index (χ4v) is 9.20. The van der Waals surface area contributed by atoms with E-state index >= 15 is 0 Å². The maximum Gasteiger partial charge on any atom is 2.00 e. The van der Waals surface area contributed by atoms with Crippen LogP contribution < -0.4 is 14.8 Å². The summed E-state index contributed by atoms with van der Waals surface area (Å²) in [6.07, 6.45) is -3.50. The molecule has 0 saturated carbocycles. The number of carbonyl (C=O) groups is 4. The van der Waals surface area contributed by atoms with Gasteiger partial charge in [-0.15, -0.1) is 0 Å². The summed E-state index contributed by atoms with van der Waals surface area (Å²) >= 11 is 5.19. The minimum atomic E-state index is -1.25. The molecule has 16 heteroatoms. The second kappa shape index (κ2) is 22.0. The molecule has 0 fully saturated rings. The monoisotopic (exact) mass is 908 g/mol. The van der Waals surface area contributed by atoms with E-state index in [1.54, 1.807) is 58.9 Å². The van der Waals surface area contributed by atoms with Gasteiger partial charge in [-0.1, -0.05) is 77.1 Å². The van der Waals surface area contributed by atoms with E-state index in [1.807, 2.05) is 54.8 Å². The minimum absolute atomic E-state index is 0. The standard InChI is InChI=1S/C45H41FN2O9S3.Ca/c1-26(2)43-42(41(28-6-4-3-5-7-28)44(29-8-12-30(46)13-9-29)48(43)21-20-32(49)22-33(50)23-37(51)52)45(55)47-31-14-18-35(19-15-31)57-39(54)25-38(53)56-34-16-10-27(11-17-34)36-24-40(58)60-59-36;/h3-19,24,26,32-33,49-50H,20-23,25H2,1-2H3,(H,47,55)(H,51,52);/q;+2/t32-,33-;/m1./s1. The van der Waals surface area contributed by atoms with Crippen LogP contribution in [0.15, 0.2) is 109 Å². The number of rotatable bonds is 17. The van der Waals surface area contributed by atoms with Crippen molar-refractivity contribution in [2.75, 3.05) is 5.32 Å². The first-order valence-electron chi connectivity index (χ1n) is 18.9. The second-order valence-corrected chi connectivity index (χ2v) is 17.1. The molecule has 0 aliphatic carbocycles. The number of carbonyl (C=O) groups excluding carboxylic acids is 3. The van der Waals surface area contributed by atoms with Gasteiger partial charge in [0.1, 0.15) is 27.6 Å². The fourth-order valence-electron chi connectivity index (χ4n) is 6.80. The zero-order chi connectivity index (χ0) is 42.9. The van der Waals surface area contributed by atoms with Gasteiger partial charge in [-0.25, -0.2) is 4.39 Å². The number of aromatic nitrogens is 1. The van der Waals surface area contributed by atoms with E-state index in [9.17, 15) is 33.8 Å². The first-order chi connectivity index (χ1) is 28.7. The molecule has 1 amide bonds. The van der Waals surface area contributed by atoms with Crippen molar-refractivity contribution in [3.63, 3.8) is 0 Å². The number of amides is 1. The number of halogens is 1. The minimum Gasteiger partial charge on any atom is -0.481 e. The van der Waals surface area contributed by atoms with Crippen molar-refractivity contribution >= 4 is 100 Å². The Hall–Kier alpha value is -4.58. The summed E-state index contributed by atoms with van der Waals surface area (Å²) in [6, 6.07) is 30.0. The summed E-state index contributed by atoms with van der Waals surface area (Å²) in [4.78, 5) is 51.8. The molecule has 0 aliphatic rings. The number of nitrogens with zero attached hydrogens (tertiary/aromatic N) is 1. The summed E-state index contributed by atoms with van der Waals surface area (Å²) in [7, 11) is 3.05. The molecular formula is C45H41CaFN2O9S3+2. The van der Waals surface area contributed by atoms with Crippen LogP contribution in [0.25, 0.3) is 32.8 Å². The van der Waals surface area contributed by atoms with Crippen LogP contribution >= 0.6 is 32.9 Å². The topological polar surface area (TPSA) is 164 Å². The third-order valence-corrected chi connectivity index (χ3v) is 12.3. The number of nitrogens with one attached hydrogen (secondary N) is 1. The van der Waals surface area contributed by atoms with Gasteiger partial charge >= 0.3 is 55.6 Å². The first kappa shape index (κ1) is 47.5. The molecule has 6 rings (SSSR count). The third-order valence-electron chi connectivity index (χ3n) is 9.36. The number of aliphatic hydroxyl groups is 2. The summed E-state index contributed by atoms with van der Waals surface area (Å²) in [5.74, 6) is -3.55.